The van der Waals surface area contributed by atoms with Crippen LogP contribution in [0.5, 0.6) is 0 Å². The maximum absolute atomic E-state index is 12.6. The fourth-order valence-electron chi connectivity index (χ4n) is 3.47. The highest BCUT2D eigenvalue weighted by Gasteiger charge is 2.21. The van der Waals surface area contributed by atoms with Gasteiger partial charge >= 0.3 is 0 Å². The van der Waals surface area contributed by atoms with Crippen LogP contribution in [0.25, 0.3) is 0 Å². The molecule has 0 bridgehead atoms. The van der Waals surface area contributed by atoms with Crippen molar-refractivity contribution in [2.45, 2.75) is 58.4 Å². The Morgan fingerprint density at radius 1 is 1.21 bits per heavy atom. The van der Waals surface area contributed by atoms with E-state index in [9.17, 15) is 4.79 Å². The van der Waals surface area contributed by atoms with Crippen molar-refractivity contribution in [2.24, 2.45) is 5.92 Å². The molecule has 0 atom stereocenters. The Morgan fingerprint density at radius 2 is 1.89 bits per heavy atom. The van der Waals surface area contributed by atoms with Crippen LogP contribution >= 0.6 is 12.4 Å². The van der Waals surface area contributed by atoms with Gasteiger partial charge in [0.05, 0.1) is 12.2 Å². The van der Waals surface area contributed by atoms with Crippen molar-refractivity contribution in [3.63, 3.8) is 0 Å². The summed E-state index contributed by atoms with van der Waals surface area (Å²) in [6.45, 7) is 9.23. The van der Waals surface area contributed by atoms with Gasteiger partial charge in [-0.1, -0.05) is 51.1 Å². The molecule has 28 heavy (non-hydrogen) atoms. The standard InChI is InChI=1S/C22H32N4O.ClH/c1-22(2,3)19-15-20(26(25-19)16-18-7-5-4-6-8-18)24-21(27)10-9-17-11-13-23-14-12-17;/h4-8,15,17,23H,9-14,16H2,1-3H3,(H,24,27);1H. The molecule has 1 amide bonds. The fourth-order valence-corrected chi connectivity index (χ4v) is 3.47. The smallest absolute Gasteiger partial charge is 0.225 e. The number of nitrogens with one attached hydrogen (secondary N) is 2. The summed E-state index contributed by atoms with van der Waals surface area (Å²) in [5.74, 6) is 1.54. The van der Waals surface area contributed by atoms with Gasteiger partial charge < -0.3 is 10.6 Å². The van der Waals surface area contributed by atoms with Gasteiger partial charge in [0.25, 0.3) is 0 Å². The summed E-state index contributed by atoms with van der Waals surface area (Å²) in [5, 5.41) is 11.3. The molecule has 6 heteroatoms. The number of hydrogen-bond acceptors (Lipinski definition) is 3. The van der Waals surface area contributed by atoms with Crippen LogP contribution < -0.4 is 10.6 Å². The van der Waals surface area contributed by atoms with Crippen LogP contribution in [0.4, 0.5) is 5.82 Å². The Bertz CT molecular complexity index is 746. The van der Waals surface area contributed by atoms with Gasteiger partial charge in [-0.3, -0.25) is 4.79 Å². The van der Waals surface area contributed by atoms with Crippen LogP contribution in [0.2, 0.25) is 0 Å². The van der Waals surface area contributed by atoms with Crippen molar-refractivity contribution < 1.29 is 4.79 Å². The van der Waals surface area contributed by atoms with E-state index in [1.54, 1.807) is 0 Å². The molecular weight excluding hydrogens is 372 g/mol. The Kier molecular flexibility index (Phi) is 8.08. The predicted octanol–water partition coefficient (Wildman–Crippen LogP) is 4.37. The molecule has 0 radical (unpaired) electrons. The van der Waals surface area contributed by atoms with Crippen LogP contribution in [0.15, 0.2) is 36.4 Å². The number of benzene rings is 1. The molecule has 1 fully saturated rings. The minimum absolute atomic E-state index is 0. The van der Waals surface area contributed by atoms with Crippen molar-refractivity contribution in [3.05, 3.63) is 47.7 Å². The topological polar surface area (TPSA) is 59.0 Å². The molecule has 1 aliphatic rings. The maximum atomic E-state index is 12.6. The Labute approximate surface area is 174 Å². The van der Waals surface area contributed by atoms with Gasteiger partial charge in [0.1, 0.15) is 5.82 Å². The van der Waals surface area contributed by atoms with Crippen molar-refractivity contribution in [2.75, 3.05) is 18.4 Å². The van der Waals surface area contributed by atoms with E-state index in [0.29, 0.717) is 18.9 Å². The van der Waals surface area contributed by atoms with Crippen LogP contribution in [-0.4, -0.2) is 28.8 Å². The molecule has 5 nitrogen and oxygen atoms in total. The second-order valence-electron chi connectivity index (χ2n) is 8.59. The number of aromatic nitrogens is 2. The molecule has 0 spiro atoms. The summed E-state index contributed by atoms with van der Waals surface area (Å²) in [5.41, 5.74) is 2.11. The van der Waals surface area contributed by atoms with Gasteiger partial charge in [-0.2, -0.15) is 5.10 Å². The molecular formula is C22H33ClN4O. The lowest BCUT2D eigenvalue weighted by Crippen LogP contribution is -2.28. The lowest BCUT2D eigenvalue weighted by Gasteiger charge is -2.22. The van der Waals surface area contributed by atoms with Crippen molar-refractivity contribution in [1.29, 1.82) is 0 Å². The highest BCUT2D eigenvalue weighted by Crippen LogP contribution is 2.25. The molecule has 154 valence electrons. The summed E-state index contributed by atoms with van der Waals surface area (Å²) in [4.78, 5) is 12.6. The highest BCUT2D eigenvalue weighted by molar-refractivity contribution is 5.89. The molecule has 1 aliphatic heterocycles. The van der Waals surface area contributed by atoms with Gasteiger partial charge in [-0.25, -0.2) is 4.68 Å². The van der Waals surface area contributed by atoms with Gasteiger partial charge in [0.15, 0.2) is 0 Å². The molecule has 2 aromatic rings. The zero-order valence-corrected chi connectivity index (χ0v) is 18.0. The lowest BCUT2D eigenvalue weighted by atomic mass is 9.92. The summed E-state index contributed by atoms with van der Waals surface area (Å²) in [6, 6.07) is 12.3. The third-order valence-electron chi connectivity index (χ3n) is 5.23. The SMILES string of the molecule is CC(C)(C)c1cc(NC(=O)CCC2CCNCC2)n(Cc2ccccc2)n1.Cl. The summed E-state index contributed by atoms with van der Waals surface area (Å²) < 4.78 is 1.92. The molecule has 1 saturated heterocycles. The third kappa shape index (κ3) is 6.35. The van der Waals surface area contributed by atoms with Gasteiger partial charge in [-0.15, -0.1) is 12.4 Å². The number of anilines is 1. The van der Waals surface area contributed by atoms with E-state index in [1.165, 1.54) is 18.4 Å². The second-order valence-corrected chi connectivity index (χ2v) is 8.59. The maximum Gasteiger partial charge on any atom is 0.225 e. The van der Waals surface area contributed by atoms with Crippen LogP contribution in [0.3, 0.4) is 0 Å². The Balaban J connectivity index is 0.00000280. The van der Waals surface area contributed by atoms with E-state index in [-0.39, 0.29) is 23.7 Å². The minimum Gasteiger partial charge on any atom is -0.317 e. The van der Waals surface area contributed by atoms with Gasteiger partial charge in [0.2, 0.25) is 5.91 Å². The first-order chi connectivity index (χ1) is 12.9. The molecule has 1 aromatic carbocycles. The van der Waals surface area contributed by atoms with Crippen molar-refractivity contribution >= 4 is 24.1 Å². The lowest BCUT2D eigenvalue weighted by molar-refractivity contribution is -0.116. The molecule has 1 aromatic heterocycles. The number of carbonyl (C=O) groups is 1. The number of hydrogen-bond donors (Lipinski definition) is 2. The fraction of sp³-hybridized carbons (Fsp3) is 0.545. The number of nitrogens with zero attached hydrogens (tertiary/aromatic N) is 2. The number of halogens is 1. The van der Waals surface area contributed by atoms with E-state index in [0.717, 1.165) is 31.0 Å². The predicted molar refractivity (Wildman–Crippen MR) is 117 cm³/mol. The first kappa shape index (κ1) is 22.4. The Hall–Kier alpha value is -1.85. The highest BCUT2D eigenvalue weighted by atomic mass is 35.5. The van der Waals surface area contributed by atoms with E-state index in [2.05, 4.69) is 43.5 Å². The van der Waals surface area contributed by atoms with E-state index >= 15 is 0 Å². The van der Waals surface area contributed by atoms with E-state index in [1.807, 2.05) is 28.9 Å². The molecule has 2 heterocycles. The summed E-state index contributed by atoms with van der Waals surface area (Å²) >= 11 is 0. The molecule has 3 rings (SSSR count). The molecule has 0 unspecified atom stereocenters. The van der Waals surface area contributed by atoms with E-state index in [4.69, 9.17) is 5.10 Å². The first-order valence-corrected chi connectivity index (χ1v) is 10.0. The van der Waals surface area contributed by atoms with Crippen LogP contribution in [0.1, 0.15) is 57.7 Å². The third-order valence-corrected chi connectivity index (χ3v) is 5.23. The largest absolute Gasteiger partial charge is 0.317 e. The molecule has 0 saturated carbocycles. The van der Waals surface area contributed by atoms with Crippen molar-refractivity contribution in [1.82, 2.24) is 15.1 Å². The zero-order valence-electron chi connectivity index (χ0n) is 17.2. The average Bonchev–Trinajstić information content (AvgIpc) is 3.04. The second kappa shape index (κ2) is 10.1. The number of piperidine rings is 1. The zero-order chi connectivity index (χ0) is 19.3. The average molecular weight is 405 g/mol. The number of amides is 1. The normalized spacial score (nSPS) is 15.1. The quantitative estimate of drug-likeness (QED) is 0.751. The monoisotopic (exact) mass is 404 g/mol. The number of rotatable bonds is 6. The summed E-state index contributed by atoms with van der Waals surface area (Å²) in [6.07, 6.45) is 3.89. The van der Waals surface area contributed by atoms with Gasteiger partial charge in [-0.05, 0) is 43.8 Å². The van der Waals surface area contributed by atoms with Crippen LogP contribution in [-0.2, 0) is 16.8 Å². The van der Waals surface area contributed by atoms with E-state index < -0.39 is 0 Å². The Morgan fingerprint density at radius 3 is 2.54 bits per heavy atom. The molecule has 2 N–H and O–H groups in total. The van der Waals surface area contributed by atoms with Crippen molar-refractivity contribution in [3.8, 4) is 0 Å². The van der Waals surface area contributed by atoms with Crippen LogP contribution in [0, 0.1) is 5.92 Å². The molecule has 0 aliphatic carbocycles. The minimum atomic E-state index is -0.0590. The number of carbonyl (C=O) groups excluding carboxylic acids is 1. The summed E-state index contributed by atoms with van der Waals surface area (Å²) in [7, 11) is 0. The van der Waals surface area contributed by atoms with Gasteiger partial charge in [0, 0.05) is 17.9 Å². The first-order valence-electron chi connectivity index (χ1n) is 10.0.